The van der Waals surface area contributed by atoms with Crippen molar-refractivity contribution in [3.05, 3.63) is 18.2 Å². The molecule has 3 rings (SSSR count). The molecule has 1 heterocycles. The first-order valence-electron chi connectivity index (χ1n) is 11.2. The van der Waals surface area contributed by atoms with Crippen LogP contribution in [0.25, 0.3) is 0 Å². The summed E-state index contributed by atoms with van der Waals surface area (Å²) in [6.45, 7) is 3.64. The summed E-state index contributed by atoms with van der Waals surface area (Å²) in [6.07, 6.45) is 3.91. The van der Waals surface area contributed by atoms with Crippen molar-refractivity contribution < 1.29 is 27.5 Å². The Hall–Kier alpha value is -2.66. The number of nitrogens with zero attached hydrogens (tertiary/aromatic N) is 3. The van der Waals surface area contributed by atoms with E-state index in [1.807, 2.05) is 0 Å². The molecule has 10 nitrogen and oxygen atoms in total. The monoisotopic (exact) mass is 480 g/mol. The minimum Gasteiger partial charge on any atom is -0.495 e. The molecule has 0 radical (unpaired) electrons. The lowest BCUT2D eigenvalue weighted by atomic mass is 9.81. The first-order chi connectivity index (χ1) is 15.6. The second kappa shape index (κ2) is 9.68. The zero-order valence-electron chi connectivity index (χ0n) is 19.6. The van der Waals surface area contributed by atoms with Crippen LogP contribution in [0.2, 0.25) is 0 Å². The predicted octanol–water partition coefficient (Wildman–Crippen LogP) is 2.26. The van der Waals surface area contributed by atoms with E-state index in [2.05, 4.69) is 5.32 Å². The quantitative estimate of drug-likeness (QED) is 0.571. The minimum atomic E-state index is -3.75. The summed E-state index contributed by atoms with van der Waals surface area (Å²) in [4.78, 5) is 41.1. The molecule has 182 valence electrons. The number of likely N-dealkylation sites (N-methyl/N-ethyl adjacent to an activating group) is 1. The van der Waals surface area contributed by atoms with Gasteiger partial charge in [-0.15, -0.1) is 0 Å². The first-order valence-corrected chi connectivity index (χ1v) is 12.6. The van der Waals surface area contributed by atoms with Crippen LogP contribution < -0.4 is 10.1 Å². The SMILES string of the molecule is CCN(CC)S(=O)(=O)c1ccc(OC)c(NC(=O)CN2C(=O)N(C)C3(CCCCC3)C2=O)c1. The first kappa shape index (κ1) is 25.0. The number of urea groups is 1. The van der Waals surface area contributed by atoms with Gasteiger partial charge in [0.1, 0.15) is 17.8 Å². The average molecular weight is 481 g/mol. The number of benzene rings is 1. The fourth-order valence-corrected chi connectivity index (χ4v) is 6.15. The van der Waals surface area contributed by atoms with Crippen LogP contribution in [-0.4, -0.2) is 79.7 Å². The minimum absolute atomic E-state index is 0.0107. The van der Waals surface area contributed by atoms with Crippen LogP contribution in [0.5, 0.6) is 5.75 Å². The third kappa shape index (κ3) is 4.43. The van der Waals surface area contributed by atoms with Crippen LogP contribution >= 0.6 is 0 Å². The van der Waals surface area contributed by atoms with Crippen molar-refractivity contribution in [2.45, 2.75) is 56.4 Å². The van der Waals surface area contributed by atoms with Crippen molar-refractivity contribution in [1.29, 1.82) is 0 Å². The summed E-state index contributed by atoms with van der Waals surface area (Å²) in [5.41, 5.74) is -0.721. The Kier molecular flexibility index (Phi) is 7.32. The molecule has 2 fully saturated rings. The van der Waals surface area contributed by atoms with E-state index in [9.17, 15) is 22.8 Å². The van der Waals surface area contributed by atoms with Crippen LogP contribution in [0.15, 0.2) is 23.1 Å². The number of anilines is 1. The third-order valence-corrected chi connectivity index (χ3v) is 8.62. The topological polar surface area (TPSA) is 116 Å². The Balaban J connectivity index is 1.81. The lowest BCUT2D eigenvalue weighted by Crippen LogP contribution is -2.49. The van der Waals surface area contributed by atoms with Crippen molar-refractivity contribution in [3.63, 3.8) is 0 Å². The molecule has 2 aliphatic rings. The van der Waals surface area contributed by atoms with Crippen LogP contribution in [0.1, 0.15) is 46.0 Å². The van der Waals surface area contributed by atoms with Gasteiger partial charge in [-0.05, 0) is 31.0 Å². The average Bonchev–Trinajstić information content (AvgIpc) is 2.96. The molecule has 1 aliphatic heterocycles. The summed E-state index contributed by atoms with van der Waals surface area (Å²) in [5, 5.41) is 2.61. The van der Waals surface area contributed by atoms with Crippen LogP contribution in [0.4, 0.5) is 10.5 Å². The highest BCUT2D eigenvalue weighted by atomic mass is 32.2. The molecule has 1 aliphatic carbocycles. The third-order valence-electron chi connectivity index (χ3n) is 6.57. The van der Waals surface area contributed by atoms with Gasteiger partial charge in [-0.2, -0.15) is 4.31 Å². The number of methoxy groups -OCH3 is 1. The van der Waals surface area contributed by atoms with Gasteiger partial charge < -0.3 is 15.0 Å². The number of ether oxygens (including phenoxy) is 1. The zero-order chi connectivity index (χ0) is 24.4. The second-order valence-corrected chi connectivity index (χ2v) is 10.3. The molecule has 0 aromatic heterocycles. The number of carbonyl (C=O) groups excluding carboxylic acids is 3. The van der Waals surface area contributed by atoms with Crippen LogP contribution in [-0.2, 0) is 19.6 Å². The Bertz CT molecular complexity index is 1030. The summed E-state index contributed by atoms with van der Waals surface area (Å²) < 4.78 is 32.3. The smallest absolute Gasteiger partial charge is 0.327 e. The van der Waals surface area contributed by atoms with Gasteiger partial charge in [0.05, 0.1) is 17.7 Å². The van der Waals surface area contributed by atoms with E-state index >= 15 is 0 Å². The molecular weight excluding hydrogens is 448 g/mol. The second-order valence-electron chi connectivity index (χ2n) is 8.32. The zero-order valence-corrected chi connectivity index (χ0v) is 20.4. The van der Waals surface area contributed by atoms with Crippen molar-refractivity contribution >= 4 is 33.6 Å². The summed E-state index contributed by atoms with van der Waals surface area (Å²) in [7, 11) is -0.742. The van der Waals surface area contributed by atoms with Gasteiger partial charge in [0.15, 0.2) is 0 Å². The summed E-state index contributed by atoms with van der Waals surface area (Å²) in [5.74, 6) is -0.704. The Morgan fingerprint density at radius 2 is 1.79 bits per heavy atom. The van der Waals surface area contributed by atoms with E-state index in [4.69, 9.17) is 4.74 Å². The number of nitrogens with one attached hydrogen (secondary N) is 1. The van der Waals surface area contributed by atoms with E-state index in [0.717, 1.165) is 24.2 Å². The highest BCUT2D eigenvalue weighted by Crippen LogP contribution is 2.39. The maximum absolute atomic E-state index is 13.1. The number of hydrogen-bond acceptors (Lipinski definition) is 6. The highest BCUT2D eigenvalue weighted by molar-refractivity contribution is 7.89. The Labute approximate surface area is 194 Å². The number of sulfonamides is 1. The molecule has 0 unspecified atom stereocenters. The number of hydrogen-bond donors (Lipinski definition) is 1. The molecule has 1 aromatic carbocycles. The fraction of sp³-hybridized carbons (Fsp3) is 0.591. The molecule has 0 bridgehead atoms. The van der Waals surface area contributed by atoms with Gasteiger partial charge in [-0.25, -0.2) is 13.2 Å². The molecule has 1 saturated carbocycles. The predicted molar refractivity (Wildman–Crippen MR) is 122 cm³/mol. The Morgan fingerprint density at radius 3 is 2.36 bits per heavy atom. The molecule has 4 amide bonds. The number of carbonyl (C=O) groups is 3. The van der Waals surface area contributed by atoms with E-state index < -0.39 is 34.0 Å². The molecular formula is C22H32N4O6S. The summed E-state index contributed by atoms with van der Waals surface area (Å²) in [6, 6.07) is 3.70. The largest absolute Gasteiger partial charge is 0.495 e. The van der Waals surface area contributed by atoms with Gasteiger partial charge >= 0.3 is 6.03 Å². The lowest BCUT2D eigenvalue weighted by Gasteiger charge is -2.35. The van der Waals surface area contributed by atoms with Crippen molar-refractivity contribution in [2.24, 2.45) is 0 Å². The Morgan fingerprint density at radius 1 is 1.15 bits per heavy atom. The molecule has 1 saturated heterocycles. The molecule has 1 N–H and O–H groups in total. The number of amides is 4. The van der Waals surface area contributed by atoms with Crippen LogP contribution in [0, 0.1) is 0 Å². The van der Waals surface area contributed by atoms with Gasteiger partial charge in [-0.1, -0.05) is 33.1 Å². The van der Waals surface area contributed by atoms with Crippen molar-refractivity contribution in [3.8, 4) is 5.75 Å². The number of rotatable bonds is 8. The van der Waals surface area contributed by atoms with Crippen LogP contribution in [0.3, 0.4) is 0 Å². The van der Waals surface area contributed by atoms with Gasteiger partial charge in [0.2, 0.25) is 15.9 Å². The van der Waals surface area contributed by atoms with E-state index in [-0.39, 0.29) is 22.2 Å². The van der Waals surface area contributed by atoms with Crippen molar-refractivity contribution in [1.82, 2.24) is 14.1 Å². The van der Waals surface area contributed by atoms with E-state index in [0.29, 0.717) is 25.9 Å². The molecule has 1 aromatic rings. The highest BCUT2D eigenvalue weighted by Gasteiger charge is 2.55. The van der Waals surface area contributed by atoms with Gasteiger partial charge in [0.25, 0.3) is 5.91 Å². The normalized spacial score (nSPS) is 18.3. The van der Waals surface area contributed by atoms with Gasteiger partial charge in [0, 0.05) is 20.1 Å². The fourth-order valence-electron chi connectivity index (χ4n) is 4.66. The molecule has 33 heavy (non-hydrogen) atoms. The molecule has 11 heteroatoms. The van der Waals surface area contributed by atoms with Gasteiger partial charge in [-0.3, -0.25) is 14.5 Å². The summed E-state index contributed by atoms with van der Waals surface area (Å²) >= 11 is 0. The maximum atomic E-state index is 13.1. The van der Waals surface area contributed by atoms with E-state index in [1.54, 1.807) is 20.9 Å². The standard InChI is InChI=1S/C22H32N4O6S/c1-5-25(6-2)33(30,31)16-10-11-18(32-4)17(14-16)23-19(27)15-26-20(28)22(24(3)21(26)29)12-8-7-9-13-22/h10-11,14H,5-9,12-13,15H2,1-4H3,(H,23,27). The number of imide groups is 1. The van der Waals surface area contributed by atoms with E-state index in [1.165, 1.54) is 34.5 Å². The van der Waals surface area contributed by atoms with Crippen molar-refractivity contribution in [2.75, 3.05) is 39.1 Å². The molecule has 1 spiro atoms. The maximum Gasteiger partial charge on any atom is 0.327 e. The molecule has 0 atom stereocenters. The lowest BCUT2D eigenvalue weighted by molar-refractivity contribution is -0.136.